The van der Waals surface area contributed by atoms with Gasteiger partial charge in [0.15, 0.2) is 0 Å². The number of para-hydroxylation sites is 2. The predicted octanol–water partition coefficient (Wildman–Crippen LogP) is 3.37. The van der Waals surface area contributed by atoms with Crippen molar-refractivity contribution in [3.63, 3.8) is 0 Å². The van der Waals surface area contributed by atoms with Crippen molar-refractivity contribution in [3.05, 3.63) is 94.8 Å². The molecule has 1 saturated heterocycles. The van der Waals surface area contributed by atoms with Crippen LogP contribution in [0.2, 0.25) is 5.02 Å². The zero-order valence-corrected chi connectivity index (χ0v) is 21.1. The summed E-state index contributed by atoms with van der Waals surface area (Å²) in [6.07, 6.45) is 0.0826. The Morgan fingerprint density at radius 2 is 1.72 bits per heavy atom. The van der Waals surface area contributed by atoms with E-state index in [0.717, 1.165) is 11.1 Å². The van der Waals surface area contributed by atoms with E-state index in [4.69, 9.17) is 11.6 Å². The molecule has 9 nitrogen and oxygen atoms in total. The highest BCUT2D eigenvalue weighted by atomic mass is 35.5. The summed E-state index contributed by atoms with van der Waals surface area (Å²) >= 11 is 6.15. The summed E-state index contributed by atoms with van der Waals surface area (Å²) in [6.45, 7) is 0. The molecule has 0 saturated carbocycles. The van der Waals surface area contributed by atoms with Crippen LogP contribution in [0.4, 0.5) is 0 Å². The molecule has 1 unspecified atom stereocenters. The molecule has 0 radical (unpaired) electrons. The van der Waals surface area contributed by atoms with E-state index >= 15 is 0 Å². The number of aromatic amines is 1. The maximum Gasteiger partial charge on any atom is 0.242 e. The van der Waals surface area contributed by atoms with E-state index < -0.39 is 37.2 Å². The molecule has 5 rings (SSSR count). The number of imidazole rings is 1. The van der Waals surface area contributed by atoms with Gasteiger partial charge in [-0.3, -0.25) is 9.52 Å². The van der Waals surface area contributed by atoms with Gasteiger partial charge in [0.1, 0.15) is 16.0 Å². The number of carbonyl (C=O) groups excluding carboxylic acids is 1. The average molecular weight is 545 g/mol. The molecule has 0 aliphatic carbocycles. The highest BCUT2D eigenvalue weighted by Gasteiger charge is 2.37. The normalized spacial score (nSPS) is 18.2. The smallest absolute Gasteiger partial charge is 0.242 e. The molecule has 4 aromatic rings. The zero-order valence-electron chi connectivity index (χ0n) is 18.7. The van der Waals surface area contributed by atoms with Crippen LogP contribution in [0.15, 0.2) is 77.7 Å². The second-order valence-electron chi connectivity index (χ2n) is 8.45. The number of fused-ring (bicyclic) bond motifs is 1. The van der Waals surface area contributed by atoms with E-state index in [2.05, 4.69) is 14.7 Å². The molecule has 0 bridgehead atoms. The van der Waals surface area contributed by atoms with E-state index in [-0.39, 0.29) is 22.8 Å². The van der Waals surface area contributed by atoms with Crippen molar-refractivity contribution in [1.29, 1.82) is 0 Å². The summed E-state index contributed by atoms with van der Waals surface area (Å²) in [6, 6.07) is 19.4. The van der Waals surface area contributed by atoms with Gasteiger partial charge in [-0.2, -0.15) is 0 Å². The first-order chi connectivity index (χ1) is 17.1. The van der Waals surface area contributed by atoms with Crippen LogP contribution in [0.5, 0.6) is 0 Å². The van der Waals surface area contributed by atoms with Gasteiger partial charge in [-0.25, -0.2) is 26.5 Å². The highest BCUT2D eigenvalue weighted by Crippen LogP contribution is 2.31. The lowest BCUT2D eigenvalue weighted by Crippen LogP contribution is -2.31. The number of nitrogens with zero attached hydrogens (tertiary/aromatic N) is 1. The van der Waals surface area contributed by atoms with Gasteiger partial charge >= 0.3 is 0 Å². The number of hydrogen-bond acceptors (Lipinski definition) is 6. The van der Waals surface area contributed by atoms with Crippen LogP contribution >= 0.6 is 11.6 Å². The SMILES string of the molecule is O=C1CC(c2ccc(C[C@H](NS(=O)(=O)c3ccccc3Cl)c3nc4ccccc4[nH]3)cc2)S(=O)(=O)N1. The number of rotatable bonds is 7. The van der Waals surface area contributed by atoms with Gasteiger partial charge in [0.2, 0.25) is 26.0 Å². The first-order valence-corrected chi connectivity index (χ1v) is 14.4. The van der Waals surface area contributed by atoms with Crippen molar-refractivity contribution in [2.75, 3.05) is 0 Å². The van der Waals surface area contributed by atoms with E-state index in [0.29, 0.717) is 16.9 Å². The Kier molecular flexibility index (Phi) is 6.33. The third-order valence-electron chi connectivity index (χ3n) is 5.95. The molecule has 36 heavy (non-hydrogen) atoms. The molecule has 1 amide bonds. The summed E-state index contributed by atoms with van der Waals surface area (Å²) in [7, 11) is -7.77. The first-order valence-electron chi connectivity index (χ1n) is 11.0. The lowest BCUT2D eigenvalue weighted by Gasteiger charge is -2.18. The third-order valence-corrected chi connectivity index (χ3v) is 9.63. The second kappa shape index (κ2) is 9.32. The molecular formula is C24H21ClN4O5S2. The van der Waals surface area contributed by atoms with Crippen molar-refractivity contribution in [2.45, 2.75) is 29.0 Å². The van der Waals surface area contributed by atoms with E-state index in [1.54, 1.807) is 36.4 Å². The first kappa shape index (κ1) is 24.4. The van der Waals surface area contributed by atoms with E-state index in [9.17, 15) is 21.6 Å². The number of carbonyl (C=O) groups is 1. The Morgan fingerprint density at radius 1 is 1.03 bits per heavy atom. The molecule has 3 N–H and O–H groups in total. The van der Waals surface area contributed by atoms with Crippen molar-refractivity contribution in [3.8, 4) is 0 Å². The number of aromatic nitrogens is 2. The minimum absolute atomic E-state index is 0.0493. The fourth-order valence-corrected chi connectivity index (χ4v) is 7.34. The molecule has 186 valence electrons. The molecule has 2 heterocycles. The van der Waals surface area contributed by atoms with E-state index in [1.165, 1.54) is 12.1 Å². The van der Waals surface area contributed by atoms with Gasteiger partial charge in [-0.1, -0.05) is 60.1 Å². The summed E-state index contributed by atoms with van der Waals surface area (Å²) in [5.41, 5.74) is 2.66. The van der Waals surface area contributed by atoms with Crippen LogP contribution in [-0.2, 0) is 31.3 Å². The number of amides is 1. The second-order valence-corrected chi connectivity index (χ2v) is 12.4. The molecule has 1 aliphatic heterocycles. The van der Waals surface area contributed by atoms with Crippen LogP contribution in [-0.4, -0.2) is 32.7 Å². The van der Waals surface area contributed by atoms with Gasteiger partial charge in [0.05, 0.1) is 28.5 Å². The number of halogens is 1. The van der Waals surface area contributed by atoms with Crippen molar-refractivity contribution >= 4 is 48.6 Å². The topological polar surface area (TPSA) is 138 Å². The molecule has 1 aliphatic rings. The maximum atomic E-state index is 13.2. The van der Waals surface area contributed by atoms with Crippen LogP contribution in [0.25, 0.3) is 11.0 Å². The monoisotopic (exact) mass is 544 g/mol. The lowest BCUT2D eigenvalue weighted by molar-refractivity contribution is -0.118. The average Bonchev–Trinajstić information content (AvgIpc) is 3.38. The molecule has 12 heteroatoms. The quantitative estimate of drug-likeness (QED) is 0.326. The standard InChI is InChI=1S/C24H21ClN4O5S2/c25-17-5-1-4-8-21(17)35(31,32)28-20(24-26-18-6-2-3-7-19(18)27-24)13-15-9-11-16(12-10-15)22-14-23(30)29-36(22,33)34/h1-12,20,22,28H,13-14H2,(H,26,27)(H,29,30)/t20-,22?/m0/s1. The molecule has 1 fully saturated rings. The minimum Gasteiger partial charge on any atom is -0.341 e. The van der Waals surface area contributed by atoms with Gasteiger partial charge < -0.3 is 4.98 Å². The fraction of sp³-hybridized carbons (Fsp3) is 0.167. The number of nitrogens with one attached hydrogen (secondary N) is 3. The number of hydrogen-bond donors (Lipinski definition) is 3. The minimum atomic E-state index is -4.01. The molecular weight excluding hydrogens is 524 g/mol. The molecule has 0 spiro atoms. The number of benzene rings is 3. The van der Waals surface area contributed by atoms with Gasteiger partial charge in [-0.05, 0) is 41.8 Å². The Morgan fingerprint density at radius 3 is 2.39 bits per heavy atom. The highest BCUT2D eigenvalue weighted by molar-refractivity contribution is 7.90. The number of H-pyrrole nitrogens is 1. The van der Waals surface area contributed by atoms with Gasteiger partial charge in [-0.15, -0.1) is 0 Å². The van der Waals surface area contributed by atoms with Crippen molar-refractivity contribution < 1.29 is 21.6 Å². The van der Waals surface area contributed by atoms with Gasteiger partial charge in [0.25, 0.3) is 0 Å². The Hall–Kier alpha value is -3.25. The van der Waals surface area contributed by atoms with Crippen molar-refractivity contribution in [1.82, 2.24) is 19.4 Å². The van der Waals surface area contributed by atoms with Crippen LogP contribution in [0.3, 0.4) is 0 Å². The molecule has 2 atom stereocenters. The summed E-state index contributed by atoms with van der Waals surface area (Å²) < 4.78 is 55.6. The van der Waals surface area contributed by atoms with Crippen LogP contribution in [0.1, 0.15) is 34.7 Å². The molecule has 3 aromatic carbocycles. The van der Waals surface area contributed by atoms with Gasteiger partial charge in [0, 0.05) is 0 Å². The van der Waals surface area contributed by atoms with Crippen LogP contribution in [0, 0.1) is 0 Å². The van der Waals surface area contributed by atoms with Crippen molar-refractivity contribution in [2.24, 2.45) is 0 Å². The number of sulfonamides is 2. The summed E-state index contributed by atoms with van der Waals surface area (Å²) in [5.74, 6) is -0.118. The third kappa shape index (κ3) is 4.87. The van der Waals surface area contributed by atoms with E-state index in [1.807, 2.05) is 29.0 Å². The predicted molar refractivity (Wildman–Crippen MR) is 135 cm³/mol. The largest absolute Gasteiger partial charge is 0.341 e. The van der Waals surface area contributed by atoms with Crippen LogP contribution < -0.4 is 9.44 Å². The summed E-state index contributed by atoms with van der Waals surface area (Å²) in [5, 5.41) is -0.859. The lowest BCUT2D eigenvalue weighted by atomic mass is 10.0. The Labute approximate surface area is 213 Å². The maximum absolute atomic E-state index is 13.2. The summed E-state index contributed by atoms with van der Waals surface area (Å²) in [4.78, 5) is 19.3. The fourth-order valence-electron chi connectivity index (χ4n) is 4.20. The Balaban J connectivity index is 1.47. The molecule has 1 aromatic heterocycles. The zero-order chi connectivity index (χ0) is 25.5. The Bertz CT molecular complexity index is 1640.